The van der Waals surface area contributed by atoms with Crippen molar-refractivity contribution in [3.05, 3.63) is 0 Å². The van der Waals surface area contributed by atoms with Gasteiger partial charge in [0.25, 0.3) is 0 Å². The van der Waals surface area contributed by atoms with Gasteiger partial charge in [-0.1, -0.05) is 78.1 Å². The number of carbonyl (C=O) groups excluding carboxylic acids is 3. The Bertz CT molecular complexity index is 817. The first-order valence-electron chi connectivity index (χ1n) is 16.4. The highest BCUT2D eigenvalue weighted by atomic mass is 31.2. The Labute approximate surface area is 269 Å². The molecular weight excluding hydrogens is 609 g/mol. The molecule has 0 amide bonds. The third kappa shape index (κ3) is 26.4. The van der Waals surface area contributed by atoms with Crippen molar-refractivity contribution in [1.82, 2.24) is 4.90 Å². The zero-order valence-corrected chi connectivity index (χ0v) is 28.9. The van der Waals surface area contributed by atoms with Gasteiger partial charge in [0, 0.05) is 19.9 Å². The fraction of sp³-hybridized carbons (Fsp3) is 0.867. The van der Waals surface area contributed by atoms with Crippen molar-refractivity contribution in [3.8, 4) is 0 Å². The first kappa shape index (κ1) is 42.4. The minimum absolute atomic E-state index is 0.0357. The fourth-order valence-corrected chi connectivity index (χ4v) is 5.04. The van der Waals surface area contributed by atoms with Gasteiger partial charge >= 0.3 is 26.0 Å². The van der Waals surface area contributed by atoms with Gasteiger partial charge < -0.3 is 34.3 Å². The van der Waals surface area contributed by atoms with Gasteiger partial charge in [0.1, 0.15) is 6.54 Å². The third-order valence-electron chi connectivity index (χ3n) is 6.25. The van der Waals surface area contributed by atoms with Gasteiger partial charge in [-0.3, -0.25) is 13.8 Å². The van der Waals surface area contributed by atoms with Crippen LogP contribution in [0.25, 0.3) is 0 Å². The summed E-state index contributed by atoms with van der Waals surface area (Å²) >= 11 is 0. The molecule has 0 aliphatic carbocycles. The van der Waals surface area contributed by atoms with E-state index in [0.29, 0.717) is 13.2 Å². The predicted molar refractivity (Wildman–Crippen MR) is 171 cm³/mol. The largest absolute Gasteiger partial charge is 0.508 e. The zero-order chi connectivity index (χ0) is 33.6. The lowest BCUT2D eigenvalue weighted by atomic mass is 10.1. The Kier molecular flexibility index (Phi) is 27.2. The molecule has 0 radical (unpaired) electrons. The molecule has 0 aliphatic heterocycles. The van der Waals surface area contributed by atoms with E-state index < -0.39 is 26.0 Å². The molecule has 0 fully saturated rings. The summed E-state index contributed by atoms with van der Waals surface area (Å²) in [6.07, 6.45) is 11.7. The van der Waals surface area contributed by atoms with Crippen molar-refractivity contribution in [2.45, 2.75) is 111 Å². The van der Waals surface area contributed by atoms with E-state index in [0.717, 1.165) is 38.5 Å². The molecule has 0 saturated heterocycles. The molecule has 0 aromatic heterocycles. The second kappa shape index (κ2) is 28.9. The summed E-state index contributed by atoms with van der Waals surface area (Å²) < 4.78 is 53.1. The second-order valence-electron chi connectivity index (χ2n) is 10.4. The number of hydrogen-bond acceptors (Lipinski definition) is 11. The molecule has 15 heteroatoms. The molecule has 2 N–H and O–H groups in total. The summed E-state index contributed by atoms with van der Waals surface area (Å²) in [6.45, 7) is 6.18. The Balaban J connectivity index is 4.62. The maximum Gasteiger partial charge on any atom is 0.508 e. The van der Waals surface area contributed by atoms with Gasteiger partial charge in [-0.2, -0.15) is 0 Å². The second-order valence-corrected chi connectivity index (χ2v) is 12.0. The highest BCUT2D eigenvalue weighted by Gasteiger charge is 2.26. The minimum Gasteiger partial charge on any atom is -0.465 e. The lowest BCUT2D eigenvalue weighted by Gasteiger charge is -2.20. The molecule has 0 saturated carbocycles. The summed E-state index contributed by atoms with van der Waals surface area (Å²) in [7, 11) is -2.69. The van der Waals surface area contributed by atoms with Crippen molar-refractivity contribution in [2.24, 2.45) is 10.5 Å². The van der Waals surface area contributed by atoms with E-state index in [2.05, 4.69) is 18.6 Å². The van der Waals surface area contributed by atoms with Gasteiger partial charge in [-0.15, -0.1) is 4.76 Å². The van der Waals surface area contributed by atoms with Crippen LogP contribution in [0.4, 0.5) is 9.59 Å². The average molecular weight is 668 g/mol. The van der Waals surface area contributed by atoms with Gasteiger partial charge in [0.2, 0.25) is 5.96 Å². The molecule has 0 bridgehead atoms. The van der Waals surface area contributed by atoms with Crippen molar-refractivity contribution in [3.63, 3.8) is 0 Å². The standard InChI is InChI=1S/C30H58N3O11P/c1-5-8-10-12-14-16-20-39-29(35)41-22-18-24-43-45(37,32-28(31)33(4)26-27(34)38-7-3)44-25-19-23-42-30(36)40-21-17-15-13-11-9-6-2/h5-26H2,1-4H3,(H2,31,32,37). The number of nitrogens with zero attached hydrogens (tertiary/aromatic N) is 2. The lowest BCUT2D eigenvalue weighted by molar-refractivity contribution is -0.143. The molecule has 0 aromatic carbocycles. The normalized spacial score (nSPS) is 11.6. The van der Waals surface area contributed by atoms with Crippen LogP contribution < -0.4 is 5.73 Å². The Hall–Kier alpha value is -2.57. The minimum atomic E-state index is -4.16. The molecule has 14 nitrogen and oxygen atoms in total. The van der Waals surface area contributed by atoms with E-state index in [-0.39, 0.29) is 58.4 Å². The summed E-state index contributed by atoms with van der Waals surface area (Å²) in [4.78, 5) is 36.6. The molecule has 45 heavy (non-hydrogen) atoms. The summed E-state index contributed by atoms with van der Waals surface area (Å²) in [6, 6.07) is 0. The molecule has 0 aliphatic rings. The summed E-state index contributed by atoms with van der Waals surface area (Å²) in [5, 5.41) is 0. The molecule has 0 heterocycles. The van der Waals surface area contributed by atoms with E-state index in [1.165, 1.54) is 50.5 Å². The molecular formula is C30H58N3O11P. The predicted octanol–water partition coefficient (Wildman–Crippen LogP) is 6.74. The molecule has 0 unspecified atom stereocenters. The number of esters is 1. The van der Waals surface area contributed by atoms with Gasteiger partial charge in [-0.25, -0.2) is 14.2 Å². The molecule has 0 spiro atoms. The van der Waals surface area contributed by atoms with Crippen LogP contribution in [-0.2, 0) is 42.1 Å². The smallest absolute Gasteiger partial charge is 0.465 e. The van der Waals surface area contributed by atoms with Crippen LogP contribution in [0, 0.1) is 0 Å². The molecule has 0 aromatic rings. The maximum absolute atomic E-state index is 13.4. The number of rotatable bonds is 28. The van der Waals surface area contributed by atoms with Crippen molar-refractivity contribution in [2.75, 3.05) is 59.8 Å². The van der Waals surface area contributed by atoms with E-state index >= 15 is 0 Å². The fourth-order valence-electron chi connectivity index (χ4n) is 3.73. The maximum atomic E-state index is 13.4. The van der Waals surface area contributed by atoms with Gasteiger partial charge in [-0.05, 0) is 19.8 Å². The van der Waals surface area contributed by atoms with Crippen LogP contribution in [0.5, 0.6) is 0 Å². The van der Waals surface area contributed by atoms with Gasteiger partial charge in [0.15, 0.2) is 0 Å². The Morgan fingerprint density at radius 1 is 0.600 bits per heavy atom. The Morgan fingerprint density at radius 3 is 1.42 bits per heavy atom. The van der Waals surface area contributed by atoms with Crippen LogP contribution in [0.1, 0.15) is 111 Å². The van der Waals surface area contributed by atoms with Crippen LogP contribution in [0.2, 0.25) is 0 Å². The first-order valence-corrected chi connectivity index (χ1v) is 17.9. The van der Waals surface area contributed by atoms with Crippen LogP contribution >= 0.6 is 7.75 Å². The van der Waals surface area contributed by atoms with Crippen LogP contribution in [0.3, 0.4) is 0 Å². The monoisotopic (exact) mass is 667 g/mol. The van der Waals surface area contributed by atoms with Gasteiger partial charge in [0.05, 0.1) is 46.2 Å². The highest BCUT2D eigenvalue weighted by Crippen LogP contribution is 2.50. The quantitative estimate of drug-likeness (QED) is 0.0232. The van der Waals surface area contributed by atoms with E-state index in [4.69, 9.17) is 38.5 Å². The zero-order valence-electron chi connectivity index (χ0n) is 28.0. The summed E-state index contributed by atoms with van der Waals surface area (Å²) in [5.41, 5.74) is 5.94. The topological polar surface area (TPSA) is 175 Å². The van der Waals surface area contributed by atoms with Crippen LogP contribution in [-0.4, -0.2) is 89.0 Å². The molecule has 0 atom stereocenters. The van der Waals surface area contributed by atoms with Crippen molar-refractivity contribution < 1.29 is 51.7 Å². The summed E-state index contributed by atoms with van der Waals surface area (Å²) in [5.74, 6) is -0.814. The number of ether oxygens (including phenoxy) is 5. The third-order valence-corrected chi connectivity index (χ3v) is 7.72. The van der Waals surface area contributed by atoms with E-state index in [1.54, 1.807) is 6.92 Å². The van der Waals surface area contributed by atoms with Crippen molar-refractivity contribution in [1.29, 1.82) is 0 Å². The van der Waals surface area contributed by atoms with Crippen molar-refractivity contribution >= 4 is 32.0 Å². The van der Waals surface area contributed by atoms with E-state index in [1.807, 2.05) is 0 Å². The number of unbranched alkanes of at least 4 members (excludes halogenated alkanes) is 10. The Morgan fingerprint density at radius 2 is 1.00 bits per heavy atom. The lowest BCUT2D eigenvalue weighted by Crippen LogP contribution is -2.38. The first-order chi connectivity index (χ1) is 21.7. The van der Waals surface area contributed by atoms with E-state index in [9.17, 15) is 18.9 Å². The molecule has 264 valence electrons. The number of hydrogen-bond donors (Lipinski definition) is 1. The van der Waals surface area contributed by atoms with Crippen LogP contribution in [0.15, 0.2) is 4.76 Å². The highest BCUT2D eigenvalue weighted by molar-refractivity contribution is 7.52. The number of likely N-dealkylation sites (N-methyl/N-ethyl adjacent to an activating group) is 1. The SMILES string of the molecule is CCCCCCCCOC(=O)OCCCOP(=O)(N=C(N)N(C)CC(=O)OCC)OCCCOC(=O)OCCCCCCCC. The molecule has 0 rings (SSSR count). The number of nitrogens with two attached hydrogens (primary N) is 1. The number of carbonyl (C=O) groups is 3. The number of guanidine groups is 1. The average Bonchev–Trinajstić information content (AvgIpc) is 2.99.